The fourth-order valence-corrected chi connectivity index (χ4v) is 2.70. The molecule has 1 aliphatic heterocycles. The number of carboxylic acid groups (broad SMARTS) is 1. The second kappa shape index (κ2) is 6.07. The molecule has 6 nitrogen and oxygen atoms in total. The summed E-state index contributed by atoms with van der Waals surface area (Å²) in [6.45, 7) is 5.71. The Labute approximate surface area is 118 Å². The van der Waals surface area contributed by atoms with Crippen LogP contribution in [0.5, 0.6) is 0 Å². The summed E-state index contributed by atoms with van der Waals surface area (Å²) < 4.78 is 1.75. The van der Waals surface area contributed by atoms with E-state index in [0.29, 0.717) is 18.5 Å². The molecule has 0 aliphatic carbocycles. The van der Waals surface area contributed by atoms with E-state index in [1.165, 1.54) is 0 Å². The van der Waals surface area contributed by atoms with Crippen molar-refractivity contribution in [2.75, 3.05) is 13.1 Å². The predicted molar refractivity (Wildman–Crippen MR) is 73.3 cm³/mol. The fraction of sp³-hybridized carbons (Fsp3) is 0.643. The van der Waals surface area contributed by atoms with Gasteiger partial charge in [0, 0.05) is 25.8 Å². The highest BCUT2D eigenvalue weighted by molar-refractivity contribution is 5.94. The van der Waals surface area contributed by atoms with Crippen LogP contribution >= 0.6 is 0 Å². The highest BCUT2D eigenvalue weighted by atomic mass is 16.4. The lowest BCUT2D eigenvalue weighted by molar-refractivity contribution is -0.143. The number of aryl methyl sites for hydroxylation is 1. The summed E-state index contributed by atoms with van der Waals surface area (Å²) in [4.78, 5) is 25.2. The first kappa shape index (κ1) is 14.6. The molecule has 0 saturated carbocycles. The zero-order chi connectivity index (χ0) is 14.7. The van der Waals surface area contributed by atoms with Crippen molar-refractivity contribution in [3.63, 3.8) is 0 Å². The quantitative estimate of drug-likeness (QED) is 0.905. The zero-order valence-corrected chi connectivity index (χ0v) is 12.0. The van der Waals surface area contributed by atoms with Crippen LogP contribution in [0.4, 0.5) is 0 Å². The van der Waals surface area contributed by atoms with Crippen molar-refractivity contribution >= 4 is 11.9 Å². The molecule has 0 radical (unpaired) electrons. The first-order valence-corrected chi connectivity index (χ1v) is 7.05. The van der Waals surface area contributed by atoms with E-state index in [9.17, 15) is 9.59 Å². The molecule has 1 amide bonds. The lowest BCUT2D eigenvalue weighted by atomic mass is 9.90. The van der Waals surface area contributed by atoms with Crippen LogP contribution in [0, 0.1) is 11.8 Å². The molecule has 1 aromatic rings. The normalized spacial score (nSPS) is 22.8. The molecule has 0 spiro atoms. The summed E-state index contributed by atoms with van der Waals surface area (Å²) in [6.07, 6.45) is 4.89. The number of rotatable bonds is 4. The second-order valence-electron chi connectivity index (χ2n) is 5.58. The van der Waals surface area contributed by atoms with Gasteiger partial charge in [-0.05, 0) is 18.8 Å². The summed E-state index contributed by atoms with van der Waals surface area (Å²) in [7, 11) is 0. The van der Waals surface area contributed by atoms with E-state index in [-0.39, 0.29) is 18.4 Å². The number of carbonyl (C=O) groups excluding carboxylic acids is 1. The Morgan fingerprint density at radius 1 is 1.45 bits per heavy atom. The number of piperidine rings is 1. The standard InChI is InChI=1S/C14H21N3O3/c1-3-4-17-9-12(6-15-17)13(18)16-7-10(2)5-11(8-16)14(19)20/h6,9-11H,3-5,7-8H2,1-2H3,(H,19,20). The second-order valence-corrected chi connectivity index (χ2v) is 5.58. The van der Waals surface area contributed by atoms with Gasteiger partial charge in [0.15, 0.2) is 0 Å². The molecule has 2 atom stereocenters. The Kier molecular flexibility index (Phi) is 4.42. The smallest absolute Gasteiger partial charge is 0.308 e. The first-order chi connectivity index (χ1) is 9.51. The van der Waals surface area contributed by atoms with Gasteiger partial charge in [0.1, 0.15) is 0 Å². The van der Waals surface area contributed by atoms with Gasteiger partial charge in [-0.25, -0.2) is 0 Å². The molecule has 6 heteroatoms. The first-order valence-electron chi connectivity index (χ1n) is 7.05. The van der Waals surface area contributed by atoms with Crippen LogP contribution in [-0.4, -0.2) is 44.8 Å². The van der Waals surface area contributed by atoms with Crippen LogP contribution in [0.2, 0.25) is 0 Å². The maximum Gasteiger partial charge on any atom is 0.308 e. The SMILES string of the molecule is CCCn1cc(C(=O)N2CC(C)CC(C(=O)O)C2)cn1. The number of aliphatic carboxylic acids is 1. The van der Waals surface area contributed by atoms with Crippen LogP contribution in [0.15, 0.2) is 12.4 Å². The molecule has 2 unspecified atom stereocenters. The molecule has 110 valence electrons. The van der Waals surface area contributed by atoms with Crippen LogP contribution in [0.3, 0.4) is 0 Å². The maximum absolute atomic E-state index is 12.4. The lowest BCUT2D eigenvalue weighted by Crippen LogP contribution is -2.45. The molecular weight excluding hydrogens is 258 g/mol. The Morgan fingerprint density at radius 2 is 2.20 bits per heavy atom. The topological polar surface area (TPSA) is 75.4 Å². The highest BCUT2D eigenvalue weighted by Gasteiger charge is 2.32. The van der Waals surface area contributed by atoms with Crippen LogP contribution in [0.1, 0.15) is 37.0 Å². The van der Waals surface area contributed by atoms with Crippen molar-refractivity contribution in [2.45, 2.75) is 33.2 Å². The Bertz CT molecular complexity index is 498. The highest BCUT2D eigenvalue weighted by Crippen LogP contribution is 2.23. The van der Waals surface area contributed by atoms with Gasteiger partial charge in [-0.3, -0.25) is 14.3 Å². The third-order valence-electron chi connectivity index (χ3n) is 3.63. The van der Waals surface area contributed by atoms with Gasteiger partial charge in [-0.1, -0.05) is 13.8 Å². The van der Waals surface area contributed by atoms with E-state index >= 15 is 0 Å². The minimum atomic E-state index is -0.823. The molecule has 1 aromatic heterocycles. The predicted octanol–water partition coefficient (Wildman–Crippen LogP) is 1.48. The minimum Gasteiger partial charge on any atom is -0.481 e. The van der Waals surface area contributed by atoms with Crippen molar-refractivity contribution in [3.05, 3.63) is 18.0 Å². The van der Waals surface area contributed by atoms with Crippen LogP contribution in [-0.2, 0) is 11.3 Å². The summed E-state index contributed by atoms with van der Waals surface area (Å²) in [5.74, 6) is -1.20. The van der Waals surface area contributed by atoms with E-state index in [2.05, 4.69) is 5.10 Å². The van der Waals surface area contributed by atoms with Gasteiger partial charge in [-0.15, -0.1) is 0 Å². The fourth-order valence-electron chi connectivity index (χ4n) is 2.70. The van der Waals surface area contributed by atoms with Crippen molar-refractivity contribution in [1.29, 1.82) is 0 Å². The molecular formula is C14H21N3O3. The maximum atomic E-state index is 12.4. The number of hydrogen-bond acceptors (Lipinski definition) is 3. The number of aromatic nitrogens is 2. The number of hydrogen-bond donors (Lipinski definition) is 1. The summed E-state index contributed by atoms with van der Waals surface area (Å²) in [5.41, 5.74) is 0.539. The third-order valence-corrected chi connectivity index (χ3v) is 3.63. The monoisotopic (exact) mass is 279 g/mol. The molecule has 1 fully saturated rings. The molecule has 0 bridgehead atoms. The molecule has 1 aliphatic rings. The summed E-state index contributed by atoms with van der Waals surface area (Å²) in [6, 6.07) is 0. The number of nitrogens with zero attached hydrogens (tertiary/aromatic N) is 3. The van der Waals surface area contributed by atoms with Crippen molar-refractivity contribution in [1.82, 2.24) is 14.7 Å². The van der Waals surface area contributed by atoms with Crippen LogP contribution < -0.4 is 0 Å². The lowest BCUT2D eigenvalue weighted by Gasteiger charge is -2.34. The Balaban J connectivity index is 2.08. The Morgan fingerprint density at radius 3 is 2.85 bits per heavy atom. The summed E-state index contributed by atoms with van der Waals surface area (Å²) >= 11 is 0. The largest absolute Gasteiger partial charge is 0.481 e. The molecule has 2 heterocycles. The van der Waals surface area contributed by atoms with Crippen LogP contribution in [0.25, 0.3) is 0 Å². The molecule has 1 N–H and O–H groups in total. The Hall–Kier alpha value is -1.85. The van der Waals surface area contributed by atoms with E-state index in [0.717, 1.165) is 13.0 Å². The van der Waals surface area contributed by atoms with E-state index in [1.807, 2.05) is 13.8 Å². The molecule has 0 aromatic carbocycles. The van der Waals surface area contributed by atoms with Gasteiger partial charge in [0.25, 0.3) is 5.91 Å². The van der Waals surface area contributed by atoms with Crippen molar-refractivity contribution < 1.29 is 14.7 Å². The van der Waals surface area contributed by atoms with Gasteiger partial charge in [-0.2, -0.15) is 5.10 Å². The van der Waals surface area contributed by atoms with Gasteiger partial charge in [0.2, 0.25) is 0 Å². The number of likely N-dealkylation sites (tertiary alicyclic amines) is 1. The number of amides is 1. The van der Waals surface area contributed by atoms with Crippen molar-refractivity contribution in [3.8, 4) is 0 Å². The average molecular weight is 279 g/mol. The summed E-state index contributed by atoms with van der Waals surface area (Å²) in [5, 5.41) is 13.3. The molecule has 1 saturated heterocycles. The third kappa shape index (κ3) is 3.18. The average Bonchev–Trinajstić information content (AvgIpc) is 2.86. The van der Waals surface area contributed by atoms with Gasteiger partial charge in [0.05, 0.1) is 17.7 Å². The zero-order valence-electron chi connectivity index (χ0n) is 12.0. The van der Waals surface area contributed by atoms with Crippen molar-refractivity contribution in [2.24, 2.45) is 11.8 Å². The molecule has 20 heavy (non-hydrogen) atoms. The van der Waals surface area contributed by atoms with Gasteiger partial charge >= 0.3 is 5.97 Å². The number of carbonyl (C=O) groups is 2. The minimum absolute atomic E-state index is 0.120. The number of carboxylic acids is 1. The molecule has 2 rings (SSSR count). The van der Waals surface area contributed by atoms with E-state index in [4.69, 9.17) is 5.11 Å². The van der Waals surface area contributed by atoms with Gasteiger partial charge < -0.3 is 10.0 Å². The van der Waals surface area contributed by atoms with E-state index < -0.39 is 11.9 Å². The van der Waals surface area contributed by atoms with E-state index in [1.54, 1.807) is 22.0 Å².